The van der Waals surface area contributed by atoms with E-state index < -0.39 is 0 Å². The number of nitrogens with zero attached hydrogens (tertiary/aromatic N) is 4. The van der Waals surface area contributed by atoms with Gasteiger partial charge in [0.1, 0.15) is 0 Å². The van der Waals surface area contributed by atoms with Gasteiger partial charge in [-0.15, -0.1) is 11.3 Å². The minimum atomic E-state index is 0.787. The van der Waals surface area contributed by atoms with Crippen LogP contribution in [-0.2, 0) is 6.54 Å². The number of aryl methyl sites for hydroxylation is 1. The third kappa shape index (κ3) is 3.23. The third-order valence-electron chi connectivity index (χ3n) is 3.78. The van der Waals surface area contributed by atoms with Crippen LogP contribution in [0.15, 0.2) is 29.6 Å². The molecule has 108 valence electrons. The van der Waals surface area contributed by atoms with Gasteiger partial charge in [0.2, 0.25) is 0 Å². The monoisotopic (exact) mass is 298 g/mol. The molecule has 4 nitrogen and oxygen atoms in total. The van der Waals surface area contributed by atoms with Crippen molar-refractivity contribution < 1.29 is 0 Å². The van der Waals surface area contributed by atoms with E-state index in [1.807, 2.05) is 25.1 Å². The average Bonchev–Trinajstić information content (AvgIpc) is 2.95. The summed E-state index contributed by atoms with van der Waals surface area (Å²) in [7, 11) is 0. The van der Waals surface area contributed by atoms with Gasteiger partial charge in [-0.25, -0.2) is 4.98 Å². The molecule has 0 radical (unpaired) electrons. The molecule has 0 unspecified atom stereocenters. The van der Waals surface area contributed by atoms with Crippen molar-refractivity contribution in [3.8, 4) is 6.07 Å². The van der Waals surface area contributed by atoms with E-state index in [4.69, 9.17) is 5.26 Å². The molecular weight excluding hydrogens is 280 g/mol. The molecule has 1 aliphatic rings. The van der Waals surface area contributed by atoms with Crippen LogP contribution in [-0.4, -0.2) is 36.1 Å². The van der Waals surface area contributed by atoms with Crippen LogP contribution >= 0.6 is 11.3 Å². The average molecular weight is 298 g/mol. The van der Waals surface area contributed by atoms with Gasteiger partial charge >= 0.3 is 0 Å². The van der Waals surface area contributed by atoms with Gasteiger partial charge in [-0.3, -0.25) is 4.90 Å². The Morgan fingerprint density at radius 1 is 1.24 bits per heavy atom. The molecule has 0 spiro atoms. The van der Waals surface area contributed by atoms with E-state index in [2.05, 4.69) is 32.3 Å². The van der Waals surface area contributed by atoms with Gasteiger partial charge in [-0.1, -0.05) is 18.2 Å². The maximum atomic E-state index is 9.16. The largest absolute Gasteiger partial charge is 0.346 e. The zero-order valence-corrected chi connectivity index (χ0v) is 12.9. The predicted molar refractivity (Wildman–Crippen MR) is 85.5 cm³/mol. The minimum absolute atomic E-state index is 0.787. The predicted octanol–water partition coefficient (Wildman–Crippen LogP) is 2.65. The Kier molecular flexibility index (Phi) is 4.18. The van der Waals surface area contributed by atoms with Crippen molar-refractivity contribution in [2.24, 2.45) is 0 Å². The van der Waals surface area contributed by atoms with Crippen molar-refractivity contribution in [2.75, 3.05) is 31.1 Å². The molecule has 1 aromatic carbocycles. The van der Waals surface area contributed by atoms with Crippen molar-refractivity contribution in [3.63, 3.8) is 0 Å². The fourth-order valence-electron chi connectivity index (χ4n) is 2.59. The first kappa shape index (κ1) is 14.1. The van der Waals surface area contributed by atoms with Gasteiger partial charge in [0.05, 0.1) is 17.3 Å². The molecule has 3 rings (SSSR count). The summed E-state index contributed by atoms with van der Waals surface area (Å²) in [5, 5.41) is 12.4. The Labute approximate surface area is 129 Å². The Balaban J connectivity index is 1.60. The molecule has 21 heavy (non-hydrogen) atoms. The summed E-state index contributed by atoms with van der Waals surface area (Å²) >= 11 is 1.72. The zero-order valence-electron chi connectivity index (χ0n) is 12.1. The maximum absolute atomic E-state index is 9.16. The molecule has 2 aromatic rings. The van der Waals surface area contributed by atoms with E-state index in [-0.39, 0.29) is 0 Å². The molecular formula is C16H18N4S. The Bertz CT molecular complexity index is 650. The minimum Gasteiger partial charge on any atom is -0.346 e. The summed E-state index contributed by atoms with van der Waals surface area (Å²) in [6.07, 6.45) is 0. The fourth-order valence-corrected chi connectivity index (χ4v) is 3.45. The highest BCUT2D eigenvalue weighted by Crippen LogP contribution is 2.22. The summed E-state index contributed by atoms with van der Waals surface area (Å²) in [6, 6.07) is 10.1. The number of aromatic nitrogens is 1. The van der Waals surface area contributed by atoms with Crippen LogP contribution in [0.1, 0.15) is 16.8 Å². The first-order chi connectivity index (χ1) is 10.3. The Morgan fingerprint density at radius 3 is 2.67 bits per heavy atom. The summed E-state index contributed by atoms with van der Waals surface area (Å²) in [4.78, 5) is 9.32. The number of piperazine rings is 1. The van der Waals surface area contributed by atoms with Crippen LogP contribution in [0.3, 0.4) is 0 Å². The molecule has 5 heteroatoms. The smallest absolute Gasteiger partial charge is 0.185 e. The summed E-state index contributed by atoms with van der Waals surface area (Å²) in [6.45, 7) is 6.92. The lowest BCUT2D eigenvalue weighted by Crippen LogP contribution is -2.46. The lowest BCUT2D eigenvalue weighted by atomic mass is 10.1. The van der Waals surface area contributed by atoms with Crippen LogP contribution in [0.5, 0.6) is 0 Å². The van der Waals surface area contributed by atoms with Crippen molar-refractivity contribution in [2.45, 2.75) is 13.5 Å². The van der Waals surface area contributed by atoms with Gasteiger partial charge < -0.3 is 4.90 Å². The van der Waals surface area contributed by atoms with Crippen LogP contribution in [0, 0.1) is 18.3 Å². The summed E-state index contributed by atoms with van der Waals surface area (Å²) in [5.41, 5.74) is 3.01. The highest BCUT2D eigenvalue weighted by molar-refractivity contribution is 7.13. The molecule has 1 fully saturated rings. The quantitative estimate of drug-likeness (QED) is 0.874. The standard InChI is InChI=1S/C16H18N4S/c1-13-12-21-16(18-13)20-8-6-19(7-9-20)11-15-5-3-2-4-14(15)10-17/h2-5,12H,6-9,11H2,1H3. The molecule has 0 aliphatic carbocycles. The zero-order chi connectivity index (χ0) is 14.7. The number of rotatable bonds is 3. The lowest BCUT2D eigenvalue weighted by Gasteiger charge is -2.34. The van der Waals surface area contributed by atoms with Crippen molar-refractivity contribution in [1.29, 1.82) is 5.26 Å². The highest BCUT2D eigenvalue weighted by Gasteiger charge is 2.19. The van der Waals surface area contributed by atoms with E-state index >= 15 is 0 Å². The number of anilines is 1. The molecule has 0 saturated carbocycles. The molecule has 0 atom stereocenters. The van der Waals surface area contributed by atoms with E-state index in [1.54, 1.807) is 11.3 Å². The summed E-state index contributed by atoms with van der Waals surface area (Å²) < 4.78 is 0. The number of benzene rings is 1. The van der Waals surface area contributed by atoms with Gasteiger partial charge in [0.15, 0.2) is 5.13 Å². The molecule has 1 saturated heterocycles. The van der Waals surface area contributed by atoms with Crippen molar-refractivity contribution in [1.82, 2.24) is 9.88 Å². The fraction of sp³-hybridized carbons (Fsp3) is 0.375. The number of thiazole rings is 1. The van der Waals surface area contributed by atoms with Crippen LogP contribution in [0.4, 0.5) is 5.13 Å². The number of hydrogen-bond acceptors (Lipinski definition) is 5. The first-order valence-corrected chi connectivity index (χ1v) is 8.01. The van der Waals surface area contributed by atoms with Gasteiger partial charge in [-0.2, -0.15) is 5.26 Å². The van der Waals surface area contributed by atoms with Gasteiger partial charge in [0, 0.05) is 38.1 Å². The molecule has 0 N–H and O–H groups in total. The SMILES string of the molecule is Cc1csc(N2CCN(Cc3ccccc3C#N)CC2)n1. The van der Waals surface area contributed by atoms with E-state index in [0.717, 1.165) is 54.7 Å². The van der Waals surface area contributed by atoms with Crippen molar-refractivity contribution in [3.05, 3.63) is 46.5 Å². The topological polar surface area (TPSA) is 43.2 Å². The normalized spacial score (nSPS) is 15.9. The van der Waals surface area contributed by atoms with E-state index in [9.17, 15) is 0 Å². The highest BCUT2D eigenvalue weighted by atomic mass is 32.1. The van der Waals surface area contributed by atoms with Crippen molar-refractivity contribution >= 4 is 16.5 Å². The second kappa shape index (κ2) is 6.25. The van der Waals surface area contributed by atoms with E-state index in [1.165, 1.54) is 0 Å². The van der Waals surface area contributed by atoms with E-state index in [0.29, 0.717) is 0 Å². The molecule has 0 bridgehead atoms. The molecule has 2 heterocycles. The number of hydrogen-bond donors (Lipinski definition) is 0. The maximum Gasteiger partial charge on any atom is 0.185 e. The van der Waals surface area contributed by atoms with Crippen LogP contribution < -0.4 is 4.90 Å². The second-order valence-corrected chi connectivity index (χ2v) is 6.14. The van der Waals surface area contributed by atoms with Gasteiger partial charge in [-0.05, 0) is 18.6 Å². The molecule has 1 aliphatic heterocycles. The Morgan fingerprint density at radius 2 is 2.00 bits per heavy atom. The first-order valence-electron chi connectivity index (χ1n) is 7.13. The molecule has 0 amide bonds. The van der Waals surface area contributed by atoms with Crippen LogP contribution in [0.2, 0.25) is 0 Å². The third-order valence-corrected chi connectivity index (χ3v) is 4.80. The Hall–Kier alpha value is -1.90. The molecule has 1 aromatic heterocycles. The van der Waals surface area contributed by atoms with Gasteiger partial charge in [0.25, 0.3) is 0 Å². The lowest BCUT2D eigenvalue weighted by molar-refractivity contribution is 0.249. The second-order valence-electron chi connectivity index (χ2n) is 5.30. The number of nitriles is 1. The summed E-state index contributed by atoms with van der Waals surface area (Å²) in [5.74, 6) is 0. The van der Waals surface area contributed by atoms with Crippen LogP contribution in [0.25, 0.3) is 0 Å².